The van der Waals surface area contributed by atoms with E-state index < -0.39 is 0 Å². The number of carbonyl (C=O) groups is 1. The number of ether oxygens (including phenoxy) is 2. The Labute approximate surface area is 92.4 Å². The highest BCUT2D eigenvalue weighted by Crippen LogP contribution is 2.18. The summed E-state index contributed by atoms with van der Waals surface area (Å²) in [6.07, 6.45) is 1.75. The van der Waals surface area contributed by atoms with Crippen LogP contribution in [-0.2, 0) is 9.53 Å². The molecule has 0 unspecified atom stereocenters. The van der Waals surface area contributed by atoms with E-state index in [1.54, 1.807) is 6.20 Å². The number of fused-ring (bicyclic) bond motifs is 1. The second kappa shape index (κ2) is 4.65. The monoisotopic (exact) mass is 220 g/mol. The molecular formula is C11H12N2O3. The van der Waals surface area contributed by atoms with Crippen molar-refractivity contribution < 1.29 is 14.3 Å². The van der Waals surface area contributed by atoms with Gasteiger partial charge in [0.05, 0.1) is 11.7 Å². The molecule has 0 amide bonds. The molecule has 0 spiro atoms. The zero-order chi connectivity index (χ0) is 11.4. The van der Waals surface area contributed by atoms with E-state index in [2.05, 4.69) is 10.2 Å². The van der Waals surface area contributed by atoms with Gasteiger partial charge in [0.25, 0.3) is 0 Å². The third-order valence-electron chi connectivity index (χ3n) is 2.07. The fourth-order valence-electron chi connectivity index (χ4n) is 1.35. The first-order valence-electron chi connectivity index (χ1n) is 4.95. The quantitative estimate of drug-likeness (QED) is 0.626. The predicted octanol–water partition coefficient (Wildman–Crippen LogP) is 1.50. The average Bonchev–Trinajstić information content (AvgIpc) is 2.71. The summed E-state index contributed by atoms with van der Waals surface area (Å²) in [5.74, 6) is 0.427. The molecule has 1 aromatic carbocycles. The van der Waals surface area contributed by atoms with Gasteiger partial charge in [-0.25, -0.2) is 0 Å². The summed E-state index contributed by atoms with van der Waals surface area (Å²) in [7, 11) is 0. The lowest BCUT2D eigenvalue weighted by atomic mass is 10.2. The zero-order valence-electron chi connectivity index (χ0n) is 8.90. The summed E-state index contributed by atoms with van der Waals surface area (Å²) in [6.45, 7) is 1.98. The van der Waals surface area contributed by atoms with Crippen molar-refractivity contribution in [3.63, 3.8) is 0 Å². The highest BCUT2D eigenvalue weighted by atomic mass is 16.6. The standard InChI is InChI=1S/C11H12N2O3/c1-8(14)15-4-5-16-10-3-2-9-7-12-13-11(9)6-10/h2-3,6-7H,4-5H2,1H3,(H,12,13). The largest absolute Gasteiger partial charge is 0.490 e. The molecular weight excluding hydrogens is 208 g/mol. The summed E-state index contributed by atoms with van der Waals surface area (Å²) in [5.41, 5.74) is 0.921. The van der Waals surface area contributed by atoms with Crippen molar-refractivity contribution in [2.45, 2.75) is 6.92 Å². The maximum Gasteiger partial charge on any atom is 0.302 e. The third-order valence-corrected chi connectivity index (χ3v) is 2.07. The third kappa shape index (κ3) is 2.50. The Hall–Kier alpha value is -2.04. The van der Waals surface area contributed by atoms with E-state index in [-0.39, 0.29) is 12.6 Å². The van der Waals surface area contributed by atoms with Crippen LogP contribution in [0, 0.1) is 0 Å². The number of nitrogens with zero attached hydrogens (tertiary/aromatic N) is 1. The average molecular weight is 220 g/mol. The van der Waals surface area contributed by atoms with Gasteiger partial charge in [0.1, 0.15) is 19.0 Å². The molecule has 16 heavy (non-hydrogen) atoms. The number of H-pyrrole nitrogens is 1. The van der Waals surface area contributed by atoms with E-state index in [0.717, 1.165) is 16.7 Å². The summed E-state index contributed by atoms with van der Waals surface area (Å²) >= 11 is 0. The first kappa shape index (κ1) is 10.5. The number of rotatable bonds is 4. The number of hydrogen-bond donors (Lipinski definition) is 1. The van der Waals surface area contributed by atoms with Gasteiger partial charge in [-0.3, -0.25) is 9.89 Å². The van der Waals surface area contributed by atoms with Crippen molar-refractivity contribution >= 4 is 16.9 Å². The number of benzene rings is 1. The Morgan fingerprint density at radius 3 is 3.12 bits per heavy atom. The molecule has 5 heteroatoms. The predicted molar refractivity (Wildman–Crippen MR) is 58.2 cm³/mol. The van der Waals surface area contributed by atoms with Crippen LogP contribution in [0.1, 0.15) is 6.92 Å². The number of nitrogens with one attached hydrogen (secondary N) is 1. The fourth-order valence-corrected chi connectivity index (χ4v) is 1.35. The first-order chi connectivity index (χ1) is 7.75. The van der Waals surface area contributed by atoms with Gasteiger partial charge in [-0.1, -0.05) is 0 Å². The summed E-state index contributed by atoms with van der Waals surface area (Å²) in [4.78, 5) is 10.5. The molecule has 84 valence electrons. The van der Waals surface area contributed by atoms with Crippen LogP contribution in [0.4, 0.5) is 0 Å². The van der Waals surface area contributed by atoms with Crippen LogP contribution in [0.2, 0.25) is 0 Å². The maximum absolute atomic E-state index is 10.5. The molecule has 1 heterocycles. The number of hydrogen-bond acceptors (Lipinski definition) is 4. The molecule has 0 saturated heterocycles. The van der Waals surface area contributed by atoms with Crippen LogP contribution < -0.4 is 4.74 Å². The Morgan fingerprint density at radius 2 is 2.31 bits per heavy atom. The number of aromatic nitrogens is 2. The van der Waals surface area contributed by atoms with Gasteiger partial charge in [-0.05, 0) is 12.1 Å². The van der Waals surface area contributed by atoms with E-state index in [1.807, 2.05) is 18.2 Å². The summed E-state index contributed by atoms with van der Waals surface area (Å²) in [5, 5.41) is 7.80. The molecule has 2 aromatic rings. The summed E-state index contributed by atoms with van der Waals surface area (Å²) in [6, 6.07) is 5.63. The van der Waals surface area contributed by atoms with Crippen LogP contribution in [0.15, 0.2) is 24.4 Å². The molecule has 1 N–H and O–H groups in total. The van der Waals surface area contributed by atoms with Gasteiger partial charge >= 0.3 is 5.97 Å². The van der Waals surface area contributed by atoms with Gasteiger partial charge in [-0.2, -0.15) is 5.10 Å². The fraction of sp³-hybridized carbons (Fsp3) is 0.273. The number of esters is 1. The van der Waals surface area contributed by atoms with Crippen molar-refractivity contribution in [3.8, 4) is 5.75 Å². The minimum Gasteiger partial charge on any atom is -0.490 e. The Kier molecular flexibility index (Phi) is 3.05. The molecule has 0 saturated carbocycles. The molecule has 2 rings (SSSR count). The Bertz CT molecular complexity index is 493. The minimum atomic E-state index is -0.298. The number of carbonyl (C=O) groups excluding carboxylic acids is 1. The molecule has 0 aliphatic heterocycles. The molecule has 0 aliphatic rings. The van der Waals surface area contributed by atoms with Crippen LogP contribution in [-0.4, -0.2) is 29.4 Å². The lowest BCUT2D eigenvalue weighted by Crippen LogP contribution is -2.09. The molecule has 5 nitrogen and oxygen atoms in total. The Balaban J connectivity index is 1.91. The van der Waals surface area contributed by atoms with Gasteiger partial charge in [0.2, 0.25) is 0 Å². The van der Waals surface area contributed by atoms with E-state index in [4.69, 9.17) is 9.47 Å². The summed E-state index contributed by atoms with van der Waals surface area (Å²) < 4.78 is 10.2. The Morgan fingerprint density at radius 1 is 1.44 bits per heavy atom. The normalized spacial score (nSPS) is 10.3. The topological polar surface area (TPSA) is 64.2 Å². The molecule has 0 aliphatic carbocycles. The smallest absolute Gasteiger partial charge is 0.302 e. The maximum atomic E-state index is 10.5. The van der Waals surface area contributed by atoms with E-state index in [9.17, 15) is 4.79 Å². The van der Waals surface area contributed by atoms with Gasteiger partial charge in [-0.15, -0.1) is 0 Å². The van der Waals surface area contributed by atoms with E-state index in [1.165, 1.54) is 6.92 Å². The highest BCUT2D eigenvalue weighted by Gasteiger charge is 1.99. The van der Waals surface area contributed by atoms with Gasteiger partial charge in [0, 0.05) is 18.4 Å². The van der Waals surface area contributed by atoms with Crippen molar-refractivity contribution in [1.29, 1.82) is 0 Å². The first-order valence-corrected chi connectivity index (χ1v) is 4.95. The van der Waals surface area contributed by atoms with Crippen LogP contribution in [0.5, 0.6) is 5.75 Å². The molecule has 0 radical (unpaired) electrons. The van der Waals surface area contributed by atoms with E-state index >= 15 is 0 Å². The van der Waals surface area contributed by atoms with Gasteiger partial charge in [0.15, 0.2) is 0 Å². The van der Waals surface area contributed by atoms with Crippen molar-refractivity contribution in [3.05, 3.63) is 24.4 Å². The lowest BCUT2D eigenvalue weighted by Gasteiger charge is -2.05. The number of aromatic amines is 1. The van der Waals surface area contributed by atoms with Gasteiger partial charge < -0.3 is 9.47 Å². The van der Waals surface area contributed by atoms with Crippen molar-refractivity contribution in [2.24, 2.45) is 0 Å². The van der Waals surface area contributed by atoms with Crippen LogP contribution >= 0.6 is 0 Å². The second-order valence-electron chi connectivity index (χ2n) is 3.31. The lowest BCUT2D eigenvalue weighted by molar-refractivity contribution is -0.141. The minimum absolute atomic E-state index is 0.260. The molecule has 0 bridgehead atoms. The van der Waals surface area contributed by atoms with Crippen LogP contribution in [0.3, 0.4) is 0 Å². The van der Waals surface area contributed by atoms with Crippen molar-refractivity contribution in [2.75, 3.05) is 13.2 Å². The molecule has 0 atom stereocenters. The SMILES string of the molecule is CC(=O)OCCOc1ccc2cn[nH]c2c1. The highest BCUT2D eigenvalue weighted by molar-refractivity contribution is 5.79. The molecule has 0 fully saturated rings. The van der Waals surface area contributed by atoms with E-state index in [0.29, 0.717) is 6.61 Å². The second-order valence-corrected chi connectivity index (χ2v) is 3.31. The zero-order valence-corrected chi connectivity index (χ0v) is 8.90. The molecule has 1 aromatic heterocycles. The van der Waals surface area contributed by atoms with Crippen LogP contribution in [0.25, 0.3) is 10.9 Å². The van der Waals surface area contributed by atoms with Crippen molar-refractivity contribution in [1.82, 2.24) is 10.2 Å².